The van der Waals surface area contributed by atoms with E-state index in [1.807, 2.05) is 30.3 Å². The van der Waals surface area contributed by atoms with Gasteiger partial charge in [-0.05, 0) is 30.2 Å². The van der Waals surface area contributed by atoms with Gasteiger partial charge in [0, 0.05) is 12.6 Å². The van der Waals surface area contributed by atoms with Gasteiger partial charge in [0.1, 0.15) is 11.6 Å². The number of ether oxygens (including phenoxy) is 1. The number of aromatic nitrogens is 3. The molecule has 0 unspecified atom stereocenters. The Labute approximate surface area is 133 Å². The van der Waals surface area contributed by atoms with E-state index in [1.54, 1.807) is 30.1 Å². The van der Waals surface area contributed by atoms with E-state index in [9.17, 15) is 4.39 Å². The summed E-state index contributed by atoms with van der Waals surface area (Å²) in [6.07, 6.45) is 2.37. The Balaban J connectivity index is 1.62. The zero-order chi connectivity index (χ0) is 16.1. The van der Waals surface area contributed by atoms with Crippen molar-refractivity contribution >= 4 is 5.82 Å². The molecule has 1 N–H and O–H groups in total. The molecular formula is C17H17FN4O. The molecule has 3 rings (SSSR count). The number of rotatable bonds is 6. The Bertz CT molecular complexity index is 788. The van der Waals surface area contributed by atoms with Crippen LogP contribution in [0.3, 0.4) is 0 Å². The monoisotopic (exact) mass is 312 g/mol. The third-order valence-corrected chi connectivity index (χ3v) is 3.47. The van der Waals surface area contributed by atoms with Crippen LogP contribution in [0.15, 0.2) is 54.7 Å². The molecular weight excluding hydrogens is 295 g/mol. The standard InChI is InChI=1S/C17H17FN4O/c1-23-15-7-4-6-14(11-15)22-12-17(20-21-22)19-10-9-13-5-2-3-8-16(13)18/h2-8,11-12,19H,9-10H2,1H3. The Morgan fingerprint density at radius 3 is 2.87 bits per heavy atom. The van der Waals surface area contributed by atoms with Gasteiger partial charge in [-0.15, -0.1) is 5.10 Å². The molecule has 0 saturated heterocycles. The molecule has 0 aliphatic heterocycles. The molecule has 5 nitrogen and oxygen atoms in total. The van der Waals surface area contributed by atoms with Gasteiger partial charge in [-0.25, -0.2) is 9.07 Å². The molecule has 118 valence electrons. The lowest BCUT2D eigenvalue weighted by molar-refractivity contribution is 0.414. The highest BCUT2D eigenvalue weighted by molar-refractivity contribution is 5.41. The molecule has 0 aliphatic rings. The minimum absolute atomic E-state index is 0.186. The van der Waals surface area contributed by atoms with Gasteiger partial charge < -0.3 is 10.1 Å². The predicted molar refractivity (Wildman–Crippen MR) is 86.5 cm³/mol. The molecule has 1 heterocycles. The van der Waals surface area contributed by atoms with Gasteiger partial charge >= 0.3 is 0 Å². The third-order valence-electron chi connectivity index (χ3n) is 3.47. The van der Waals surface area contributed by atoms with Crippen molar-refractivity contribution in [3.05, 3.63) is 66.1 Å². The third kappa shape index (κ3) is 3.66. The highest BCUT2D eigenvalue weighted by Gasteiger charge is 2.05. The Kier molecular flexibility index (Phi) is 4.52. The van der Waals surface area contributed by atoms with E-state index < -0.39 is 0 Å². The van der Waals surface area contributed by atoms with E-state index >= 15 is 0 Å². The number of hydrogen-bond donors (Lipinski definition) is 1. The molecule has 0 radical (unpaired) electrons. The van der Waals surface area contributed by atoms with Crippen molar-refractivity contribution in [3.63, 3.8) is 0 Å². The van der Waals surface area contributed by atoms with Crippen LogP contribution in [-0.2, 0) is 6.42 Å². The first-order valence-electron chi connectivity index (χ1n) is 7.30. The number of halogens is 1. The van der Waals surface area contributed by atoms with Gasteiger partial charge in [-0.2, -0.15) is 0 Å². The van der Waals surface area contributed by atoms with E-state index in [4.69, 9.17) is 4.74 Å². The van der Waals surface area contributed by atoms with Crippen LogP contribution in [0.4, 0.5) is 10.2 Å². The second-order valence-electron chi connectivity index (χ2n) is 5.02. The first-order chi connectivity index (χ1) is 11.3. The zero-order valence-corrected chi connectivity index (χ0v) is 12.7. The molecule has 3 aromatic rings. The van der Waals surface area contributed by atoms with Crippen LogP contribution in [0.25, 0.3) is 5.69 Å². The number of nitrogens with zero attached hydrogens (tertiary/aromatic N) is 3. The summed E-state index contributed by atoms with van der Waals surface area (Å²) in [5.74, 6) is 1.21. The molecule has 0 atom stereocenters. The van der Waals surface area contributed by atoms with Crippen molar-refractivity contribution < 1.29 is 9.13 Å². The molecule has 0 spiro atoms. The van der Waals surface area contributed by atoms with Gasteiger partial charge in [0.25, 0.3) is 0 Å². The normalized spacial score (nSPS) is 10.5. The van der Waals surface area contributed by atoms with Gasteiger partial charge in [-0.3, -0.25) is 0 Å². The fourth-order valence-electron chi connectivity index (χ4n) is 2.25. The van der Waals surface area contributed by atoms with Crippen LogP contribution in [0.5, 0.6) is 5.75 Å². The summed E-state index contributed by atoms with van der Waals surface area (Å²) >= 11 is 0. The molecule has 0 fully saturated rings. The summed E-state index contributed by atoms with van der Waals surface area (Å²) in [6, 6.07) is 14.3. The maximum absolute atomic E-state index is 13.5. The quantitative estimate of drug-likeness (QED) is 0.760. The average molecular weight is 312 g/mol. The number of methoxy groups -OCH3 is 1. The highest BCUT2D eigenvalue weighted by Crippen LogP contribution is 2.16. The number of hydrogen-bond acceptors (Lipinski definition) is 4. The van der Waals surface area contributed by atoms with Crippen molar-refractivity contribution in [1.29, 1.82) is 0 Å². The summed E-state index contributed by atoms with van der Waals surface area (Å²) in [5, 5.41) is 11.3. The van der Waals surface area contributed by atoms with E-state index in [2.05, 4.69) is 15.6 Å². The smallest absolute Gasteiger partial charge is 0.169 e. The van der Waals surface area contributed by atoms with Crippen molar-refractivity contribution in [1.82, 2.24) is 15.0 Å². The molecule has 2 aromatic carbocycles. The molecule has 23 heavy (non-hydrogen) atoms. The van der Waals surface area contributed by atoms with E-state index in [0.29, 0.717) is 24.3 Å². The summed E-state index contributed by atoms with van der Waals surface area (Å²) in [4.78, 5) is 0. The van der Waals surface area contributed by atoms with E-state index in [-0.39, 0.29) is 5.82 Å². The van der Waals surface area contributed by atoms with Gasteiger partial charge in [0.15, 0.2) is 5.82 Å². The topological polar surface area (TPSA) is 52.0 Å². The van der Waals surface area contributed by atoms with Crippen molar-refractivity contribution in [2.45, 2.75) is 6.42 Å². The molecule has 0 bridgehead atoms. The fourth-order valence-corrected chi connectivity index (χ4v) is 2.25. The summed E-state index contributed by atoms with van der Waals surface area (Å²) in [5.41, 5.74) is 1.54. The van der Waals surface area contributed by atoms with Crippen molar-refractivity contribution in [2.24, 2.45) is 0 Å². The minimum Gasteiger partial charge on any atom is -0.497 e. The summed E-state index contributed by atoms with van der Waals surface area (Å²) < 4.78 is 20.4. The molecule has 6 heteroatoms. The van der Waals surface area contributed by atoms with Crippen LogP contribution in [0, 0.1) is 5.82 Å². The SMILES string of the molecule is COc1cccc(-n2cc(NCCc3ccccc3F)nn2)c1. The average Bonchev–Trinajstić information content (AvgIpc) is 3.06. The Morgan fingerprint density at radius 2 is 2.04 bits per heavy atom. The first kappa shape index (κ1) is 15.0. The van der Waals surface area contributed by atoms with Crippen LogP contribution in [0.2, 0.25) is 0 Å². The molecule has 0 saturated carbocycles. The molecule has 1 aromatic heterocycles. The van der Waals surface area contributed by atoms with Crippen LogP contribution < -0.4 is 10.1 Å². The number of nitrogens with one attached hydrogen (secondary N) is 1. The lowest BCUT2D eigenvalue weighted by atomic mass is 10.1. The minimum atomic E-state index is -0.186. The van der Waals surface area contributed by atoms with Crippen LogP contribution >= 0.6 is 0 Å². The fraction of sp³-hybridized carbons (Fsp3) is 0.176. The van der Waals surface area contributed by atoms with E-state index in [1.165, 1.54) is 6.07 Å². The highest BCUT2D eigenvalue weighted by atomic mass is 19.1. The molecule has 0 amide bonds. The predicted octanol–water partition coefficient (Wildman–Crippen LogP) is 3.07. The second kappa shape index (κ2) is 6.91. The summed E-state index contributed by atoms with van der Waals surface area (Å²) in [6.45, 7) is 0.581. The Morgan fingerprint density at radius 1 is 1.17 bits per heavy atom. The Hall–Kier alpha value is -2.89. The van der Waals surface area contributed by atoms with Gasteiger partial charge in [0.05, 0.1) is 19.0 Å². The van der Waals surface area contributed by atoms with E-state index in [0.717, 1.165) is 11.4 Å². The number of anilines is 1. The maximum atomic E-state index is 13.5. The van der Waals surface area contributed by atoms with Crippen LogP contribution in [0.1, 0.15) is 5.56 Å². The maximum Gasteiger partial charge on any atom is 0.169 e. The van der Waals surface area contributed by atoms with Crippen molar-refractivity contribution in [2.75, 3.05) is 19.0 Å². The first-order valence-corrected chi connectivity index (χ1v) is 7.30. The van der Waals surface area contributed by atoms with Crippen molar-refractivity contribution in [3.8, 4) is 11.4 Å². The number of benzene rings is 2. The largest absolute Gasteiger partial charge is 0.497 e. The second-order valence-corrected chi connectivity index (χ2v) is 5.02. The van der Waals surface area contributed by atoms with Gasteiger partial charge in [0.2, 0.25) is 0 Å². The van der Waals surface area contributed by atoms with Crippen LogP contribution in [-0.4, -0.2) is 28.6 Å². The lowest BCUT2D eigenvalue weighted by Gasteiger charge is -2.04. The van der Waals surface area contributed by atoms with Gasteiger partial charge in [-0.1, -0.05) is 29.5 Å². The zero-order valence-electron chi connectivity index (χ0n) is 12.7. The summed E-state index contributed by atoms with van der Waals surface area (Å²) in [7, 11) is 1.62. The molecule has 0 aliphatic carbocycles. The lowest BCUT2D eigenvalue weighted by Crippen LogP contribution is -2.06.